The van der Waals surface area contributed by atoms with Gasteiger partial charge in [0, 0.05) is 23.0 Å². The third kappa shape index (κ3) is 5.55. The summed E-state index contributed by atoms with van der Waals surface area (Å²) in [6, 6.07) is 9.85. The summed E-state index contributed by atoms with van der Waals surface area (Å²) in [5, 5.41) is -0.250. The predicted molar refractivity (Wildman–Crippen MR) is 97.0 cm³/mol. The topological polar surface area (TPSA) is 54.5 Å². The van der Waals surface area contributed by atoms with Crippen LogP contribution in [0.4, 0.5) is 0 Å². The molecule has 5 heteroatoms. The third-order valence-corrected chi connectivity index (χ3v) is 6.12. The van der Waals surface area contributed by atoms with E-state index in [2.05, 4.69) is 6.92 Å². The second-order valence-electron chi connectivity index (χ2n) is 6.35. The number of benzene rings is 1. The fraction of sp³-hybridized carbons (Fsp3) is 0.579. The van der Waals surface area contributed by atoms with Crippen LogP contribution < -0.4 is 0 Å². The number of hydrogen-bond donors (Lipinski definition) is 0. The zero-order chi connectivity index (χ0) is 17.4. The van der Waals surface area contributed by atoms with Crippen molar-refractivity contribution >= 4 is 22.5 Å². The molecular weight excluding hydrogens is 322 g/mol. The van der Waals surface area contributed by atoms with Gasteiger partial charge in [-0.05, 0) is 18.4 Å². The molecule has 2 atom stereocenters. The second-order valence-corrected chi connectivity index (χ2v) is 8.06. The van der Waals surface area contributed by atoms with Gasteiger partial charge in [-0.1, -0.05) is 56.5 Å². The van der Waals surface area contributed by atoms with E-state index in [1.165, 1.54) is 4.90 Å². The third-order valence-electron chi connectivity index (χ3n) is 4.40. The van der Waals surface area contributed by atoms with Gasteiger partial charge in [-0.25, -0.2) is 0 Å². The zero-order valence-corrected chi connectivity index (χ0v) is 15.2. The number of rotatable bonds is 11. The largest absolute Gasteiger partial charge is 0.320 e. The van der Waals surface area contributed by atoms with E-state index in [1.54, 1.807) is 0 Å². The van der Waals surface area contributed by atoms with Gasteiger partial charge in [0.05, 0.1) is 13.0 Å². The molecule has 2 rings (SSSR count). The molecule has 1 amide bonds. The van der Waals surface area contributed by atoms with E-state index in [0.717, 1.165) is 31.2 Å². The summed E-state index contributed by atoms with van der Waals surface area (Å²) in [5.41, 5.74) is 1.12. The zero-order valence-electron chi connectivity index (χ0n) is 14.4. The molecular formula is C19H27NO3S. The number of β-lactam (4-membered cyclic amide) rings is 1. The number of amides is 1. The maximum atomic E-state index is 12.3. The molecule has 0 N–H and O–H groups in total. The van der Waals surface area contributed by atoms with E-state index in [1.807, 2.05) is 30.3 Å². The van der Waals surface area contributed by atoms with E-state index >= 15 is 0 Å². The Bertz CT molecular complexity index is 573. The van der Waals surface area contributed by atoms with Gasteiger partial charge < -0.3 is 4.90 Å². The lowest BCUT2D eigenvalue weighted by Crippen LogP contribution is -2.56. The van der Waals surface area contributed by atoms with E-state index in [4.69, 9.17) is 0 Å². The number of carbonyl (C=O) groups excluding carboxylic acids is 2. The highest BCUT2D eigenvalue weighted by Gasteiger charge is 2.40. The van der Waals surface area contributed by atoms with Crippen molar-refractivity contribution in [2.24, 2.45) is 0 Å². The first-order chi connectivity index (χ1) is 11.6. The van der Waals surface area contributed by atoms with Crippen LogP contribution in [-0.4, -0.2) is 38.5 Å². The number of likely N-dealkylation sites (tertiary alicyclic amines) is 1. The van der Waals surface area contributed by atoms with Crippen LogP contribution in [0.2, 0.25) is 0 Å². The Morgan fingerprint density at radius 3 is 2.62 bits per heavy atom. The van der Waals surface area contributed by atoms with Crippen molar-refractivity contribution in [2.45, 2.75) is 57.2 Å². The fourth-order valence-electron chi connectivity index (χ4n) is 2.85. The maximum absolute atomic E-state index is 12.3. The highest BCUT2D eigenvalue weighted by atomic mass is 32.2. The molecule has 1 aliphatic rings. The number of aryl methyl sites for hydroxylation is 1. The Morgan fingerprint density at radius 1 is 1.21 bits per heavy atom. The van der Waals surface area contributed by atoms with Crippen LogP contribution in [0.1, 0.15) is 51.0 Å². The Balaban J connectivity index is 1.74. The van der Waals surface area contributed by atoms with E-state index < -0.39 is 10.8 Å². The Labute approximate surface area is 147 Å². The lowest BCUT2D eigenvalue weighted by atomic mass is 10.1. The number of ketones is 1. The first-order valence-corrected chi connectivity index (χ1v) is 10.2. The van der Waals surface area contributed by atoms with Gasteiger partial charge in [0.25, 0.3) is 0 Å². The van der Waals surface area contributed by atoms with Gasteiger partial charge in [0.2, 0.25) is 5.91 Å². The molecule has 4 nitrogen and oxygen atoms in total. The van der Waals surface area contributed by atoms with Crippen LogP contribution in [0.15, 0.2) is 30.3 Å². The van der Waals surface area contributed by atoms with E-state index in [9.17, 15) is 13.8 Å². The van der Waals surface area contributed by atoms with Crippen molar-refractivity contribution < 1.29 is 13.8 Å². The average molecular weight is 349 g/mol. The number of unbranched alkanes of at least 4 members (excludes halogenated alkanes) is 3. The van der Waals surface area contributed by atoms with Gasteiger partial charge in [0.1, 0.15) is 5.37 Å². The molecule has 132 valence electrons. The highest BCUT2D eigenvalue weighted by Crippen LogP contribution is 2.23. The van der Waals surface area contributed by atoms with Crippen LogP contribution in [-0.2, 0) is 26.8 Å². The second kappa shape index (κ2) is 9.72. The molecule has 1 aromatic carbocycles. The number of nitrogens with zero attached hydrogens (tertiary/aromatic N) is 1. The summed E-state index contributed by atoms with van der Waals surface area (Å²) >= 11 is 0. The molecule has 1 aromatic rings. The summed E-state index contributed by atoms with van der Waals surface area (Å²) in [7, 11) is -1.04. The predicted octanol–water partition coefficient (Wildman–Crippen LogP) is 3.08. The maximum Gasteiger partial charge on any atom is 0.227 e. The normalized spacial score (nSPS) is 18.3. The fourth-order valence-corrected chi connectivity index (χ4v) is 4.42. The average Bonchev–Trinajstić information content (AvgIpc) is 2.60. The molecule has 24 heavy (non-hydrogen) atoms. The van der Waals surface area contributed by atoms with Crippen LogP contribution in [0.25, 0.3) is 0 Å². The van der Waals surface area contributed by atoms with Crippen molar-refractivity contribution in [1.29, 1.82) is 0 Å². The van der Waals surface area contributed by atoms with Crippen LogP contribution >= 0.6 is 0 Å². The quantitative estimate of drug-likeness (QED) is 0.456. The minimum absolute atomic E-state index is 0.0416. The minimum atomic E-state index is -1.04. The monoisotopic (exact) mass is 349 g/mol. The highest BCUT2D eigenvalue weighted by molar-refractivity contribution is 7.85. The van der Waals surface area contributed by atoms with Crippen LogP contribution in [0.5, 0.6) is 0 Å². The SMILES string of the molecule is CCCCCCS(=O)C1CC(=O)N1CC(=O)CCc1ccccc1. The number of carbonyl (C=O) groups is 2. The molecule has 1 saturated heterocycles. The summed E-state index contributed by atoms with van der Waals surface area (Å²) in [5.74, 6) is 0.627. The molecule has 2 unspecified atom stereocenters. The van der Waals surface area contributed by atoms with Crippen LogP contribution in [0.3, 0.4) is 0 Å². The first kappa shape index (κ1) is 18.8. The molecule has 0 saturated carbocycles. The van der Waals surface area contributed by atoms with E-state index in [-0.39, 0.29) is 23.6 Å². The van der Waals surface area contributed by atoms with Crippen molar-refractivity contribution in [3.05, 3.63) is 35.9 Å². The minimum Gasteiger partial charge on any atom is -0.320 e. The van der Waals surface area contributed by atoms with Crippen molar-refractivity contribution in [3.8, 4) is 0 Å². The van der Waals surface area contributed by atoms with Gasteiger partial charge in [-0.15, -0.1) is 0 Å². The standard InChI is InChI=1S/C19H27NO3S/c1-2-3-4-8-13-24(23)19-14-18(22)20(19)15-17(21)12-11-16-9-6-5-7-10-16/h5-7,9-10,19H,2-4,8,11-15H2,1H3. The van der Waals surface area contributed by atoms with Crippen molar-refractivity contribution in [3.63, 3.8) is 0 Å². The summed E-state index contributed by atoms with van der Waals surface area (Å²) < 4.78 is 12.3. The molecule has 0 aliphatic carbocycles. The number of Topliss-reactive ketones (excluding diaryl/α,β-unsaturated/α-hetero) is 1. The molecule has 0 spiro atoms. The summed E-state index contributed by atoms with van der Waals surface area (Å²) in [6.45, 7) is 2.25. The first-order valence-electron chi connectivity index (χ1n) is 8.84. The van der Waals surface area contributed by atoms with Gasteiger partial charge in [-0.2, -0.15) is 0 Å². The van der Waals surface area contributed by atoms with E-state index in [0.29, 0.717) is 25.0 Å². The number of hydrogen-bond acceptors (Lipinski definition) is 3. The smallest absolute Gasteiger partial charge is 0.227 e. The lowest BCUT2D eigenvalue weighted by molar-refractivity contribution is -0.145. The summed E-state index contributed by atoms with van der Waals surface area (Å²) in [6.07, 6.45) is 5.75. The molecule has 1 heterocycles. The van der Waals surface area contributed by atoms with Crippen molar-refractivity contribution in [1.82, 2.24) is 4.90 Å². The Kier molecular flexibility index (Phi) is 7.63. The lowest BCUT2D eigenvalue weighted by Gasteiger charge is -2.39. The molecule has 0 bridgehead atoms. The molecule has 0 radical (unpaired) electrons. The van der Waals surface area contributed by atoms with Gasteiger partial charge in [-0.3, -0.25) is 13.8 Å². The van der Waals surface area contributed by atoms with Gasteiger partial charge in [0.15, 0.2) is 5.78 Å². The Morgan fingerprint density at radius 2 is 1.96 bits per heavy atom. The van der Waals surface area contributed by atoms with Crippen LogP contribution in [0, 0.1) is 0 Å². The van der Waals surface area contributed by atoms with Crippen molar-refractivity contribution in [2.75, 3.05) is 12.3 Å². The molecule has 0 aromatic heterocycles. The van der Waals surface area contributed by atoms with Gasteiger partial charge >= 0.3 is 0 Å². The molecule has 1 aliphatic heterocycles. The Hall–Kier alpha value is -1.49. The summed E-state index contributed by atoms with van der Waals surface area (Å²) in [4.78, 5) is 25.4. The molecule has 1 fully saturated rings.